The van der Waals surface area contributed by atoms with Crippen LogP contribution >= 0.6 is 0 Å². The topological polar surface area (TPSA) is 152 Å². The zero-order chi connectivity index (χ0) is 30.9. The van der Waals surface area contributed by atoms with Crippen LogP contribution < -0.4 is 11.1 Å². The van der Waals surface area contributed by atoms with Gasteiger partial charge in [0, 0.05) is 44.5 Å². The standard InChI is InChI=1S/C30H42N2O9/c1-16-12-20-25(34)21(15-22(33)28(20)40-8)32-29(35)17(2)10-9-11-23(37-5)27(41-30(31)36)19(4)14-18(3)26(39-7)24(13-16)38-6/h9-11,14-16,18,23-24,26-27H,12-13H2,1-8H3,(H2,31,36)(H,32,35)/b11-9-,17-10-,19-14-. The number of ether oxygens (including phenoxy) is 5. The van der Waals surface area contributed by atoms with Crippen LogP contribution in [-0.4, -0.2) is 76.4 Å². The molecule has 2 rings (SSSR count). The number of nitrogens with one attached hydrogen (secondary N) is 1. The lowest BCUT2D eigenvalue weighted by Gasteiger charge is -2.32. The first-order chi connectivity index (χ1) is 19.4. The van der Waals surface area contributed by atoms with Gasteiger partial charge in [0.2, 0.25) is 11.6 Å². The van der Waals surface area contributed by atoms with E-state index in [2.05, 4.69) is 5.32 Å². The van der Waals surface area contributed by atoms with E-state index < -0.39 is 48.0 Å². The van der Waals surface area contributed by atoms with Crippen LogP contribution in [0.15, 0.2) is 58.6 Å². The van der Waals surface area contributed by atoms with Gasteiger partial charge in [0.1, 0.15) is 6.10 Å². The van der Waals surface area contributed by atoms with Crippen molar-refractivity contribution in [3.63, 3.8) is 0 Å². The number of carbonyl (C=O) groups is 4. The predicted octanol–water partition coefficient (Wildman–Crippen LogP) is 3.06. The Balaban J connectivity index is 2.64. The molecule has 1 aliphatic carbocycles. The van der Waals surface area contributed by atoms with Gasteiger partial charge in [-0.1, -0.05) is 38.2 Å². The molecule has 0 fully saturated rings. The van der Waals surface area contributed by atoms with Crippen molar-refractivity contribution in [2.24, 2.45) is 17.6 Å². The maximum atomic E-state index is 13.4. The second-order valence-electron chi connectivity index (χ2n) is 10.3. The van der Waals surface area contributed by atoms with Gasteiger partial charge in [-0.15, -0.1) is 0 Å². The van der Waals surface area contributed by atoms with Gasteiger partial charge in [0.05, 0.1) is 25.0 Å². The molecule has 11 heteroatoms. The summed E-state index contributed by atoms with van der Waals surface area (Å²) in [6.45, 7) is 7.23. The molecule has 41 heavy (non-hydrogen) atoms. The number of primary amides is 1. The number of hydrogen-bond acceptors (Lipinski definition) is 9. The van der Waals surface area contributed by atoms with Gasteiger partial charge in [-0.05, 0) is 38.2 Å². The minimum atomic E-state index is -0.967. The quantitative estimate of drug-likeness (QED) is 0.373. The summed E-state index contributed by atoms with van der Waals surface area (Å²) >= 11 is 0. The molecule has 2 bridgehead atoms. The fourth-order valence-corrected chi connectivity index (χ4v) is 5.13. The molecule has 0 aromatic rings. The lowest BCUT2D eigenvalue weighted by molar-refractivity contribution is -0.120. The Labute approximate surface area is 241 Å². The molecule has 2 amide bonds. The molecule has 0 aromatic heterocycles. The number of nitrogens with two attached hydrogens (primary N) is 1. The zero-order valence-corrected chi connectivity index (χ0v) is 25.0. The number of rotatable bonds is 5. The summed E-state index contributed by atoms with van der Waals surface area (Å²) < 4.78 is 28.0. The van der Waals surface area contributed by atoms with Crippen molar-refractivity contribution in [1.29, 1.82) is 0 Å². The predicted molar refractivity (Wildman–Crippen MR) is 151 cm³/mol. The third kappa shape index (κ3) is 8.72. The molecular weight excluding hydrogens is 532 g/mol. The summed E-state index contributed by atoms with van der Waals surface area (Å²) in [5, 5.41) is 2.55. The summed E-state index contributed by atoms with van der Waals surface area (Å²) in [4.78, 5) is 50.9. The molecule has 11 nitrogen and oxygen atoms in total. The number of methoxy groups -OCH3 is 4. The Morgan fingerprint density at radius 2 is 1.71 bits per heavy atom. The molecule has 2 aliphatic rings. The summed E-state index contributed by atoms with van der Waals surface area (Å²) in [6, 6.07) is 0. The SMILES string of the molecule is COC1=C2CC(C)CC(OC)C(OC)C(C)/C=C(/C)C(OC(N)=O)C(OC)/C=C\C=C(\C)C(=O)NC(=CC1=O)C2=O. The van der Waals surface area contributed by atoms with Crippen LogP contribution in [0.2, 0.25) is 0 Å². The van der Waals surface area contributed by atoms with Crippen molar-refractivity contribution in [2.45, 2.75) is 65.0 Å². The molecule has 0 radical (unpaired) electrons. The van der Waals surface area contributed by atoms with E-state index in [9.17, 15) is 19.2 Å². The van der Waals surface area contributed by atoms with E-state index in [-0.39, 0.29) is 40.9 Å². The van der Waals surface area contributed by atoms with Crippen molar-refractivity contribution in [1.82, 2.24) is 5.32 Å². The van der Waals surface area contributed by atoms with Crippen LogP contribution in [0.4, 0.5) is 4.79 Å². The van der Waals surface area contributed by atoms with Crippen LogP contribution in [0, 0.1) is 11.8 Å². The first-order valence-electron chi connectivity index (χ1n) is 13.3. The Morgan fingerprint density at radius 1 is 1.02 bits per heavy atom. The van der Waals surface area contributed by atoms with Gasteiger partial charge in [0.25, 0.3) is 5.91 Å². The molecule has 226 valence electrons. The number of fused-ring (bicyclic) bond motifs is 2. The Morgan fingerprint density at radius 3 is 2.27 bits per heavy atom. The van der Waals surface area contributed by atoms with Gasteiger partial charge in [0.15, 0.2) is 11.9 Å². The molecule has 6 unspecified atom stereocenters. The Bertz CT molecular complexity index is 1160. The van der Waals surface area contributed by atoms with Crippen molar-refractivity contribution < 1.29 is 42.9 Å². The van der Waals surface area contributed by atoms with E-state index >= 15 is 0 Å². The third-order valence-electron chi connectivity index (χ3n) is 7.18. The first-order valence-corrected chi connectivity index (χ1v) is 13.3. The number of allylic oxidation sites excluding steroid dienone is 4. The smallest absolute Gasteiger partial charge is 0.405 e. The van der Waals surface area contributed by atoms with E-state index in [4.69, 9.17) is 29.4 Å². The molecule has 6 atom stereocenters. The average molecular weight is 575 g/mol. The molecule has 3 N–H and O–H groups in total. The lowest BCUT2D eigenvalue weighted by atomic mass is 9.85. The average Bonchev–Trinajstić information content (AvgIpc) is 2.91. The number of ketones is 2. The van der Waals surface area contributed by atoms with Crippen LogP contribution in [-0.2, 0) is 38.1 Å². The van der Waals surface area contributed by atoms with Gasteiger partial charge in [-0.2, -0.15) is 0 Å². The molecule has 1 aliphatic heterocycles. The van der Waals surface area contributed by atoms with Gasteiger partial charge in [-0.3, -0.25) is 14.4 Å². The van der Waals surface area contributed by atoms with Crippen molar-refractivity contribution in [3.05, 3.63) is 58.6 Å². The molecule has 0 spiro atoms. The molecule has 1 heterocycles. The minimum absolute atomic E-state index is 0.0452. The van der Waals surface area contributed by atoms with Gasteiger partial charge in [-0.25, -0.2) is 4.79 Å². The molecule has 0 aromatic carbocycles. The van der Waals surface area contributed by atoms with Crippen LogP contribution in [0.3, 0.4) is 0 Å². The van der Waals surface area contributed by atoms with Crippen molar-refractivity contribution >= 4 is 23.6 Å². The number of amides is 2. The van der Waals surface area contributed by atoms with E-state index in [0.29, 0.717) is 12.0 Å². The lowest BCUT2D eigenvalue weighted by Crippen LogP contribution is -2.38. The second kappa shape index (κ2) is 15.5. The van der Waals surface area contributed by atoms with E-state index in [1.807, 2.05) is 19.9 Å². The van der Waals surface area contributed by atoms with E-state index in [0.717, 1.165) is 6.08 Å². The summed E-state index contributed by atoms with van der Waals surface area (Å²) in [7, 11) is 5.95. The maximum Gasteiger partial charge on any atom is 0.405 e. The number of carbonyl (C=O) groups excluding carboxylic acids is 4. The number of Topliss-reactive ketones (excluding diaryl/α,β-unsaturated/α-hetero) is 1. The van der Waals surface area contributed by atoms with E-state index in [1.165, 1.54) is 20.3 Å². The highest BCUT2D eigenvalue weighted by Gasteiger charge is 2.34. The maximum absolute atomic E-state index is 13.4. The van der Waals surface area contributed by atoms with E-state index in [1.54, 1.807) is 40.2 Å². The van der Waals surface area contributed by atoms with Crippen LogP contribution in [0.1, 0.15) is 40.5 Å². The monoisotopic (exact) mass is 574 g/mol. The molecular formula is C30H42N2O9. The normalized spacial score (nSPS) is 32.2. The summed E-state index contributed by atoms with van der Waals surface area (Å²) in [6.07, 6.45) is 5.00. The Kier molecular flexibility index (Phi) is 12.7. The highest BCUT2D eigenvalue weighted by Crippen LogP contribution is 2.30. The molecule has 0 saturated carbocycles. The first kappa shape index (κ1) is 33.7. The summed E-state index contributed by atoms with van der Waals surface area (Å²) in [5.41, 5.74) is 6.36. The highest BCUT2D eigenvalue weighted by atomic mass is 16.6. The zero-order valence-electron chi connectivity index (χ0n) is 25.0. The summed E-state index contributed by atoms with van der Waals surface area (Å²) in [5.74, 6) is -1.95. The van der Waals surface area contributed by atoms with Gasteiger partial charge >= 0.3 is 6.09 Å². The fraction of sp³-hybridized carbons (Fsp3) is 0.533. The van der Waals surface area contributed by atoms with Crippen LogP contribution in [0.25, 0.3) is 0 Å². The fourth-order valence-electron chi connectivity index (χ4n) is 5.13. The number of hydrogen-bond donors (Lipinski definition) is 2. The van der Waals surface area contributed by atoms with Crippen LogP contribution in [0.5, 0.6) is 0 Å². The minimum Gasteiger partial charge on any atom is -0.492 e. The highest BCUT2D eigenvalue weighted by molar-refractivity contribution is 6.23. The largest absolute Gasteiger partial charge is 0.492 e. The van der Waals surface area contributed by atoms with Crippen molar-refractivity contribution in [2.75, 3.05) is 28.4 Å². The van der Waals surface area contributed by atoms with Crippen molar-refractivity contribution in [3.8, 4) is 0 Å². The van der Waals surface area contributed by atoms with Gasteiger partial charge < -0.3 is 34.7 Å². The molecule has 0 saturated heterocycles. The second-order valence-corrected chi connectivity index (χ2v) is 10.3. The Hall–Kier alpha value is -3.54. The third-order valence-corrected chi connectivity index (χ3v) is 7.18.